The van der Waals surface area contributed by atoms with Crippen LogP contribution in [0.1, 0.15) is 19.3 Å². The predicted octanol–water partition coefficient (Wildman–Crippen LogP) is -0.897. The van der Waals surface area contributed by atoms with E-state index in [9.17, 15) is 14.4 Å². The molecule has 0 radical (unpaired) electrons. The Kier molecular flexibility index (Phi) is 6.09. The van der Waals surface area contributed by atoms with E-state index in [1.807, 2.05) is 0 Å². The van der Waals surface area contributed by atoms with Crippen LogP contribution in [0.3, 0.4) is 0 Å². The van der Waals surface area contributed by atoms with Crippen LogP contribution in [0.4, 0.5) is 0 Å². The van der Waals surface area contributed by atoms with Crippen molar-refractivity contribution in [1.82, 2.24) is 10.6 Å². The maximum atomic E-state index is 11.0. The molecule has 0 saturated carbocycles. The van der Waals surface area contributed by atoms with Crippen molar-refractivity contribution in [1.29, 1.82) is 0 Å². The second-order valence-electron chi connectivity index (χ2n) is 2.70. The van der Waals surface area contributed by atoms with Gasteiger partial charge in [-0.3, -0.25) is 14.4 Å². The molecule has 0 aromatic heterocycles. The summed E-state index contributed by atoms with van der Waals surface area (Å²) in [6, 6.07) is 0. The minimum absolute atomic E-state index is 0.0343. The normalized spacial score (nSPS) is 9.21. The number of likely N-dealkylation sites (N-methyl/N-ethyl adjacent to an activating group) is 1. The Labute approximate surface area is 81.7 Å². The summed E-state index contributed by atoms with van der Waals surface area (Å²) in [6.45, 7) is -0.0671. The Bertz CT molecular complexity index is 227. The molecule has 0 saturated heterocycles. The number of carboxylic acids is 1. The van der Waals surface area contributed by atoms with Gasteiger partial charge in [-0.25, -0.2) is 0 Å². The molecule has 0 aliphatic heterocycles. The van der Waals surface area contributed by atoms with Crippen LogP contribution in [0.15, 0.2) is 0 Å². The molecule has 14 heavy (non-hydrogen) atoms. The van der Waals surface area contributed by atoms with Gasteiger partial charge in [0, 0.05) is 19.9 Å². The first kappa shape index (κ1) is 12.4. The molecule has 0 aliphatic carbocycles. The largest absolute Gasteiger partial charge is 0.481 e. The highest BCUT2D eigenvalue weighted by molar-refractivity contribution is 5.84. The third-order valence-electron chi connectivity index (χ3n) is 1.52. The van der Waals surface area contributed by atoms with Crippen LogP contribution in [0.25, 0.3) is 0 Å². The van der Waals surface area contributed by atoms with Gasteiger partial charge >= 0.3 is 5.97 Å². The molecular weight excluding hydrogens is 188 g/mol. The first-order valence-corrected chi connectivity index (χ1v) is 4.25. The van der Waals surface area contributed by atoms with E-state index in [1.54, 1.807) is 0 Å². The molecule has 0 aromatic carbocycles. The number of carbonyl (C=O) groups is 3. The average Bonchev–Trinajstić information content (AvgIpc) is 2.13. The van der Waals surface area contributed by atoms with Crippen LogP contribution in [0, 0.1) is 0 Å². The second-order valence-corrected chi connectivity index (χ2v) is 2.70. The standard InChI is InChI=1S/C8H14N2O4/c1-9-7(12)5-10-6(11)3-2-4-8(13)14/h2-5H2,1H3,(H,9,12)(H,10,11)(H,13,14). The van der Waals surface area contributed by atoms with Gasteiger partial charge in [0.1, 0.15) is 0 Å². The van der Waals surface area contributed by atoms with Gasteiger partial charge < -0.3 is 15.7 Å². The number of aliphatic carboxylic acids is 1. The smallest absolute Gasteiger partial charge is 0.303 e. The maximum absolute atomic E-state index is 11.0. The zero-order chi connectivity index (χ0) is 11.0. The van der Waals surface area contributed by atoms with Crippen LogP contribution in [-0.2, 0) is 14.4 Å². The van der Waals surface area contributed by atoms with E-state index < -0.39 is 5.97 Å². The average molecular weight is 202 g/mol. The van der Waals surface area contributed by atoms with E-state index in [-0.39, 0.29) is 37.6 Å². The first-order valence-electron chi connectivity index (χ1n) is 4.25. The molecule has 0 spiro atoms. The van der Waals surface area contributed by atoms with Crippen molar-refractivity contribution < 1.29 is 19.5 Å². The fourth-order valence-electron chi connectivity index (χ4n) is 0.756. The van der Waals surface area contributed by atoms with Gasteiger partial charge in [0.2, 0.25) is 11.8 Å². The SMILES string of the molecule is CNC(=O)CNC(=O)CCCC(=O)O. The topological polar surface area (TPSA) is 95.5 Å². The minimum atomic E-state index is -0.927. The quantitative estimate of drug-likeness (QED) is 0.520. The van der Waals surface area contributed by atoms with Crippen molar-refractivity contribution in [2.24, 2.45) is 0 Å². The van der Waals surface area contributed by atoms with Crippen molar-refractivity contribution in [3.05, 3.63) is 0 Å². The van der Waals surface area contributed by atoms with Crippen molar-refractivity contribution in [3.8, 4) is 0 Å². The highest BCUT2D eigenvalue weighted by Crippen LogP contribution is 1.94. The van der Waals surface area contributed by atoms with Crippen LogP contribution < -0.4 is 10.6 Å². The third-order valence-corrected chi connectivity index (χ3v) is 1.52. The molecule has 0 atom stereocenters. The lowest BCUT2D eigenvalue weighted by atomic mass is 10.2. The van der Waals surface area contributed by atoms with Crippen molar-refractivity contribution in [2.75, 3.05) is 13.6 Å². The molecule has 80 valence electrons. The molecular formula is C8H14N2O4. The number of hydrogen-bond acceptors (Lipinski definition) is 3. The molecule has 0 unspecified atom stereocenters. The molecule has 0 aromatic rings. The van der Waals surface area contributed by atoms with E-state index in [0.29, 0.717) is 0 Å². The number of rotatable bonds is 6. The monoisotopic (exact) mass is 202 g/mol. The number of amides is 2. The third kappa shape index (κ3) is 7.08. The van der Waals surface area contributed by atoms with E-state index in [1.165, 1.54) is 7.05 Å². The number of carboxylic acid groups (broad SMARTS) is 1. The predicted molar refractivity (Wildman–Crippen MR) is 48.6 cm³/mol. The van der Waals surface area contributed by atoms with Gasteiger partial charge in [-0.2, -0.15) is 0 Å². The van der Waals surface area contributed by atoms with Crippen LogP contribution >= 0.6 is 0 Å². The molecule has 6 nitrogen and oxygen atoms in total. The second kappa shape index (κ2) is 6.88. The summed E-state index contributed by atoms with van der Waals surface area (Å²) >= 11 is 0. The summed E-state index contributed by atoms with van der Waals surface area (Å²) in [5.41, 5.74) is 0. The summed E-state index contributed by atoms with van der Waals surface area (Å²) < 4.78 is 0. The van der Waals surface area contributed by atoms with Gasteiger partial charge in [-0.05, 0) is 6.42 Å². The molecule has 3 N–H and O–H groups in total. The molecule has 0 rings (SSSR count). The first-order chi connectivity index (χ1) is 6.56. The Hall–Kier alpha value is -1.59. The minimum Gasteiger partial charge on any atom is -0.481 e. The fourth-order valence-corrected chi connectivity index (χ4v) is 0.756. The van der Waals surface area contributed by atoms with E-state index in [4.69, 9.17) is 5.11 Å². The molecule has 0 heterocycles. The zero-order valence-corrected chi connectivity index (χ0v) is 8.00. The lowest BCUT2D eigenvalue weighted by molar-refractivity contribution is -0.137. The van der Waals surface area contributed by atoms with Gasteiger partial charge in [0.25, 0.3) is 0 Å². The van der Waals surface area contributed by atoms with Crippen molar-refractivity contribution in [3.63, 3.8) is 0 Å². The maximum Gasteiger partial charge on any atom is 0.303 e. The van der Waals surface area contributed by atoms with Crippen LogP contribution in [0.2, 0.25) is 0 Å². The van der Waals surface area contributed by atoms with E-state index in [0.717, 1.165) is 0 Å². The van der Waals surface area contributed by atoms with E-state index >= 15 is 0 Å². The highest BCUT2D eigenvalue weighted by atomic mass is 16.4. The van der Waals surface area contributed by atoms with Crippen molar-refractivity contribution >= 4 is 17.8 Å². The summed E-state index contributed by atoms with van der Waals surface area (Å²) in [4.78, 5) is 31.7. The molecule has 0 aliphatic rings. The van der Waals surface area contributed by atoms with Crippen LogP contribution in [-0.4, -0.2) is 36.5 Å². The molecule has 0 bridgehead atoms. The Balaban J connectivity index is 3.46. The zero-order valence-electron chi connectivity index (χ0n) is 8.00. The lowest BCUT2D eigenvalue weighted by Gasteiger charge is -2.02. The Morgan fingerprint density at radius 3 is 2.29 bits per heavy atom. The number of nitrogens with one attached hydrogen (secondary N) is 2. The Morgan fingerprint density at radius 1 is 1.14 bits per heavy atom. The Morgan fingerprint density at radius 2 is 1.79 bits per heavy atom. The fraction of sp³-hybridized carbons (Fsp3) is 0.625. The summed E-state index contributed by atoms with van der Waals surface area (Å²) in [7, 11) is 1.47. The lowest BCUT2D eigenvalue weighted by Crippen LogP contribution is -2.35. The van der Waals surface area contributed by atoms with Gasteiger partial charge in [-0.15, -0.1) is 0 Å². The summed E-state index contributed by atoms with van der Waals surface area (Å²) in [6.07, 6.45) is 0.381. The summed E-state index contributed by atoms with van der Waals surface area (Å²) in [5.74, 6) is -1.52. The number of carbonyl (C=O) groups excluding carboxylic acids is 2. The van der Waals surface area contributed by atoms with Crippen LogP contribution in [0.5, 0.6) is 0 Å². The number of hydrogen-bond donors (Lipinski definition) is 3. The highest BCUT2D eigenvalue weighted by Gasteiger charge is 2.04. The van der Waals surface area contributed by atoms with E-state index in [2.05, 4.69) is 10.6 Å². The molecule has 6 heteroatoms. The van der Waals surface area contributed by atoms with Gasteiger partial charge in [0.15, 0.2) is 0 Å². The summed E-state index contributed by atoms with van der Waals surface area (Å²) in [5, 5.41) is 13.0. The van der Waals surface area contributed by atoms with Crippen molar-refractivity contribution in [2.45, 2.75) is 19.3 Å². The molecule has 2 amide bonds. The molecule has 0 fully saturated rings. The van der Waals surface area contributed by atoms with Gasteiger partial charge in [0.05, 0.1) is 6.54 Å². The van der Waals surface area contributed by atoms with Gasteiger partial charge in [-0.1, -0.05) is 0 Å².